The Morgan fingerprint density at radius 3 is 2.60 bits per heavy atom. The molecule has 35 heavy (non-hydrogen) atoms. The number of likely N-dealkylation sites (tertiary alicyclic amines) is 1. The number of rotatable bonds is 6. The number of carbonyl (C=O) groups is 1. The number of pyridine rings is 1. The lowest BCUT2D eigenvalue weighted by atomic mass is 10.2. The fraction of sp³-hybridized carbons (Fsp3) is 0.231. The van der Waals surface area contributed by atoms with Crippen LogP contribution < -0.4 is 16.2 Å². The standard InChI is InChI=1S/C26H24N6O3/c27-14-12-23(33)30-16-4-5-19(30)17-31-22-13-15-29-25(28)24(22)32(26(31)34)18-8-10-21(11-9-18)35-20-6-2-1-3-7-20/h1-3,6-11,13,15,19H,4-5,12,16-17H2,(H2,28,29). The second-order valence-corrected chi connectivity index (χ2v) is 8.42. The van der Waals surface area contributed by atoms with E-state index in [1.165, 1.54) is 0 Å². The van der Waals surface area contributed by atoms with Crippen molar-refractivity contribution in [3.8, 4) is 23.3 Å². The number of carbonyl (C=O) groups excluding carboxylic acids is 1. The summed E-state index contributed by atoms with van der Waals surface area (Å²) in [6, 6.07) is 20.2. The van der Waals surface area contributed by atoms with Gasteiger partial charge in [-0.2, -0.15) is 5.26 Å². The zero-order valence-corrected chi connectivity index (χ0v) is 19.0. The molecule has 1 aliphatic heterocycles. The van der Waals surface area contributed by atoms with E-state index in [0.29, 0.717) is 35.6 Å². The number of imidazole rings is 1. The average Bonchev–Trinajstić information content (AvgIpc) is 3.44. The molecule has 0 bridgehead atoms. The minimum absolute atomic E-state index is 0.163. The van der Waals surface area contributed by atoms with Crippen LogP contribution in [-0.2, 0) is 11.3 Å². The number of nitrogens with zero attached hydrogens (tertiary/aromatic N) is 5. The molecule has 9 heteroatoms. The number of nitrogen functional groups attached to an aromatic ring is 1. The largest absolute Gasteiger partial charge is 0.457 e. The first-order valence-corrected chi connectivity index (χ1v) is 11.4. The third-order valence-electron chi connectivity index (χ3n) is 6.26. The lowest BCUT2D eigenvalue weighted by Crippen LogP contribution is -2.39. The van der Waals surface area contributed by atoms with Crippen LogP contribution in [0.4, 0.5) is 5.82 Å². The van der Waals surface area contributed by atoms with Crippen LogP contribution in [0.15, 0.2) is 71.7 Å². The van der Waals surface area contributed by atoms with Gasteiger partial charge in [-0.15, -0.1) is 0 Å². The van der Waals surface area contributed by atoms with Crippen LogP contribution in [0.3, 0.4) is 0 Å². The summed E-state index contributed by atoms with van der Waals surface area (Å²) in [6.45, 7) is 0.906. The Labute approximate surface area is 201 Å². The van der Waals surface area contributed by atoms with Gasteiger partial charge in [0.05, 0.1) is 17.3 Å². The minimum Gasteiger partial charge on any atom is -0.457 e. The van der Waals surface area contributed by atoms with Crippen molar-refractivity contribution >= 4 is 22.8 Å². The number of ether oxygens (including phenoxy) is 1. The molecule has 2 N–H and O–H groups in total. The lowest BCUT2D eigenvalue weighted by molar-refractivity contribution is -0.131. The first-order chi connectivity index (χ1) is 17.1. The first-order valence-electron chi connectivity index (χ1n) is 11.4. The molecule has 0 saturated carbocycles. The van der Waals surface area contributed by atoms with Crippen molar-refractivity contribution in [1.29, 1.82) is 5.26 Å². The maximum Gasteiger partial charge on any atom is 0.333 e. The minimum atomic E-state index is -0.268. The zero-order valence-electron chi connectivity index (χ0n) is 19.0. The summed E-state index contributed by atoms with van der Waals surface area (Å²) in [7, 11) is 0. The normalized spacial score (nSPS) is 15.3. The molecule has 1 saturated heterocycles. The third kappa shape index (κ3) is 4.22. The molecule has 1 aliphatic rings. The van der Waals surface area contributed by atoms with Crippen LogP contribution in [0.25, 0.3) is 16.7 Å². The number of hydrogen-bond donors (Lipinski definition) is 1. The van der Waals surface area contributed by atoms with Gasteiger partial charge in [0.15, 0.2) is 0 Å². The van der Waals surface area contributed by atoms with Gasteiger partial charge in [0.1, 0.15) is 29.3 Å². The molecule has 1 atom stereocenters. The van der Waals surface area contributed by atoms with Crippen molar-refractivity contribution in [3.63, 3.8) is 0 Å². The van der Waals surface area contributed by atoms with Crippen LogP contribution >= 0.6 is 0 Å². The summed E-state index contributed by atoms with van der Waals surface area (Å²) in [5.74, 6) is 1.39. The molecule has 0 aliphatic carbocycles. The smallest absolute Gasteiger partial charge is 0.333 e. The third-order valence-corrected chi connectivity index (χ3v) is 6.26. The first kappa shape index (κ1) is 22.2. The molecule has 0 spiro atoms. The summed E-state index contributed by atoms with van der Waals surface area (Å²) in [5, 5.41) is 8.93. The summed E-state index contributed by atoms with van der Waals surface area (Å²) in [5.41, 5.74) is 7.74. The number of amides is 1. The molecule has 3 heterocycles. The van der Waals surface area contributed by atoms with E-state index in [1.807, 2.05) is 36.4 Å². The van der Waals surface area contributed by atoms with Crippen molar-refractivity contribution in [3.05, 3.63) is 77.3 Å². The lowest BCUT2D eigenvalue weighted by Gasteiger charge is -2.24. The summed E-state index contributed by atoms with van der Waals surface area (Å²) in [6.07, 6.45) is 3.01. The van der Waals surface area contributed by atoms with Crippen LogP contribution in [0.2, 0.25) is 0 Å². The number of fused-ring (bicyclic) bond motifs is 1. The predicted molar refractivity (Wildman–Crippen MR) is 131 cm³/mol. The maximum absolute atomic E-state index is 13.7. The number of nitrogens with two attached hydrogens (primary N) is 1. The molecular formula is C26H24N6O3. The van der Waals surface area contributed by atoms with E-state index in [1.54, 1.807) is 50.6 Å². The van der Waals surface area contributed by atoms with Crippen LogP contribution in [0, 0.1) is 11.3 Å². The topological polar surface area (TPSA) is 119 Å². The predicted octanol–water partition coefficient (Wildman–Crippen LogP) is 3.47. The highest BCUT2D eigenvalue weighted by Gasteiger charge is 2.30. The fourth-order valence-electron chi connectivity index (χ4n) is 4.66. The van der Waals surface area contributed by atoms with E-state index in [9.17, 15) is 9.59 Å². The highest BCUT2D eigenvalue weighted by Crippen LogP contribution is 2.27. The van der Waals surface area contributed by atoms with Gasteiger partial charge < -0.3 is 15.4 Å². The van der Waals surface area contributed by atoms with Crippen LogP contribution in [0.1, 0.15) is 19.3 Å². The Morgan fingerprint density at radius 1 is 1.11 bits per heavy atom. The van der Waals surface area contributed by atoms with Crippen molar-refractivity contribution in [2.75, 3.05) is 12.3 Å². The van der Waals surface area contributed by atoms with Crippen LogP contribution in [0.5, 0.6) is 11.5 Å². The number of hydrogen-bond acceptors (Lipinski definition) is 6. The summed E-state index contributed by atoms with van der Waals surface area (Å²) < 4.78 is 9.05. The van der Waals surface area contributed by atoms with E-state index in [0.717, 1.165) is 18.6 Å². The highest BCUT2D eigenvalue weighted by molar-refractivity contribution is 5.87. The van der Waals surface area contributed by atoms with E-state index < -0.39 is 0 Å². The second kappa shape index (κ2) is 9.35. The van der Waals surface area contributed by atoms with Crippen molar-refractivity contribution in [1.82, 2.24) is 19.0 Å². The molecule has 1 unspecified atom stereocenters. The van der Waals surface area contributed by atoms with Gasteiger partial charge in [-0.1, -0.05) is 18.2 Å². The zero-order chi connectivity index (χ0) is 24.4. The average molecular weight is 469 g/mol. The number of para-hydroxylation sites is 1. The molecule has 2 aromatic heterocycles. The molecule has 5 rings (SSSR count). The van der Waals surface area contributed by atoms with Gasteiger partial charge in [0, 0.05) is 25.3 Å². The van der Waals surface area contributed by atoms with Gasteiger partial charge in [-0.25, -0.2) is 9.78 Å². The Bertz CT molecular complexity index is 1470. The molecule has 1 amide bonds. The summed E-state index contributed by atoms with van der Waals surface area (Å²) >= 11 is 0. The highest BCUT2D eigenvalue weighted by atomic mass is 16.5. The molecule has 9 nitrogen and oxygen atoms in total. The van der Waals surface area contributed by atoms with Crippen molar-refractivity contribution in [2.45, 2.75) is 31.8 Å². The van der Waals surface area contributed by atoms with Gasteiger partial charge in [0.2, 0.25) is 5.91 Å². The van der Waals surface area contributed by atoms with Crippen molar-refractivity contribution < 1.29 is 9.53 Å². The van der Waals surface area contributed by atoms with E-state index >= 15 is 0 Å². The quantitative estimate of drug-likeness (QED) is 0.463. The number of benzene rings is 2. The SMILES string of the molecule is N#CCC(=O)N1CCCC1Cn1c(=O)n(-c2ccc(Oc3ccccc3)cc2)c2c(N)nccc21. The fourth-order valence-corrected chi connectivity index (χ4v) is 4.66. The second-order valence-electron chi connectivity index (χ2n) is 8.42. The molecule has 176 valence electrons. The molecule has 4 aromatic rings. The Balaban J connectivity index is 1.51. The Morgan fingerprint density at radius 2 is 1.86 bits per heavy atom. The van der Waals surface area contributed by atoms with E-state index in [2.05, 4.69) is 4.98 Å². The van der Waals surface area contributed by atoms with Gasteiger partial charge in [-0.3, -0.25) is 13.9 Å². The summed E-state index contributed by atoms with van der Waals surface area (Å²) in [4.78, 5) is 32.0. The number of aromatic nitrogens is 3. The van der Waals surface area contributed by atoms with Crippen molar-refractivity contribution in [2.24, 2.45) is 0 Å². The van der Waals surface area contributed by atoms with Crippen LogP contribution in [-0.4, -0.2) is 37.5 Å². The molecular weight excluding hydrogens is 444 g/mol. The van der Waals surface area contributed by atoms with E-state index in [4.69, 9.17) is 15.7 Å². The van der Waals surface area contributed by atoms with Gasteiger partial charge >= 0.3 is 5.69 Å². The number of nitriles is 1. The number of anilines is 1. The molecule has 1 fully saturated rings. The molecule has 2 aromatic carbocycles. The Hall–Kier alpha value is -4.58. The van der Waals surface area contributed by atoms with Gasteiger partial charge in [0.25, 0.3) is 0 Å². The monoisotopic (exact) mass is 468 g/mol. The maximum atomic E-state index is 13.7. The van der Waals surface area contributed by atoms with E-state index in [-0.39, 0.29) is 29.9 Å². The Kier molecular flexibility index (Phi) is 5.94. The van der Waals surface area contributed by atoms with Gasteiger partial charge in [-0.05, 0) is 55.3 Å². The molecule has 0 radical (unpaired) electrons.